The molecule has 1 fully saturated rings. The molecule has 0 N–H and O–H groups in total. The summed E-state index contributed by atoms with van der Waals surface area (Å²) in [5.74, 6) is -0.708. The summed E-state index contributed by atoms with van der Waals surface area (Å²) >= 11 is 0. The molecule has 0 unspecified atom stereocenters. The summed E-state index contributed by atoms with van der Waals surface area (Å²) in [4.78, 5) is 12.5. The topological polar surface area (TPSA) is 68.6 Å². The zero-order chi connectivity index (χ0) is 17.8. The SMILES string of the molecule is CCOC(=O)[C@@H](C#N)[C@@]1(c2ccccc2OC)CCOC(C)(C)C1. The maximum atomic E-state index is 12.5. The van der Waals surface area contributed by atoms with Gasteiger partial charge in [-0.3, -0.25) is 4.79 Å². The Bertz CT molecular complexity index is 634. The molecule has 0 bridgehead atoms. The van der Waals surface area contributed by atoms with Crippen LogP contribution in [0.1, 0.15) is 39.2 Å². The molecule has 2 atom stereocenters. The molecule has 24 heavy (non-hydrogen) atoms. The number of para-hydroxylation sites is 1. The molecule has 1 aromatic rings. The molecular weight excluding hydrogens is 306 g/mol. The number of esters is 1. The first-order valence-corrected chi connectivity index (χ1v) is 8.24. The molecule has 1 heterocycles. The molecule has 5 heteroatoms. The Hall–Kier alpha value is -2.06. The minimum atomic E-state index is -0.906. The van der Waals surface area contributed by atoms with E-state index in [1.165, 1.54) is 0 Å². The fraction of sp³-hybridized carbons (Fsp3) is 0.579. The fourth-order valence-corrected chi connectivity index (χ4v) is 3.72. The van der Waals surface area contributed by atoms with Gasteiger partial charge in [-0.1, -0.05) is 18.2 Å². The smallest absolute Gasteiger partial charge is 0.324 e. The molecule has 5 nitrogen and oxygen atoms in total. The van der Waals surface area contributed by atoms with E-state index in [0.717, 1.165) is 5.56 Å². The molecule has 0 radical (unpaired) electrons. The second-order valence-electron chi connectivity index (χ2n) is 6.71. The van der Waals surface area contributed by atoms with E-state index < -0.39 is 22.9 Å². The molecule has 1 aliphatic rings. The van der Waals surface area contributed by atoms with Gasteiger partial charge >= 0.3 is 5.97 Å². The highest BCUT2D eigenvalue weighted by atomic mass is 16.5. The number of nitriles is 1. The number of hydrogen-bond donors (Lipinski definition) is 0. The van der Waals surface area contributed by atoms with E-state index in [2.05, 4.69) is 6.07 Å². The average Bonchev–Trinajstić information content (AvgIpc) is 2.54. The third-order valence-electron chi connectivity index (χ3n) is 4.63. The first-order valence-electron chi connectivity index (χ1n) is 8.24. The number of nitrogens with zero attached hydrogens (tertiary/aromatic N) is 1. The van der Waals surface area contributed by atoms with E-state index in [-0.39, 0.29) is 6.61 Å². The largest absolute Gasteiger partial charge is 0.496 e. The zero-order valence-electron chi connectivity index (χ0n) is 14.8. The van der Waals surface area contributed by atoms with Crippen LogP contribution in [0.2, 0.25) is 0 Å². The number of carbonyl (C=O) groups is 1. The summed E-state index contributed by atoms with van der Waals surface area (Å²) in [6.45, 7) is 6.43. The second kappa shape index (κ2) is 7.23. The van der Waals surface area contributed by atoms with Crippen molar-refractivity contribution < 1.29 is 19.0 Å². The quantitative estimate of drug-likeness (QED) is 0.775. The molecular formula is C19H25NO4. The highest BCUT2D eigenvalue weighted by molar-refractivity contribution is 5.78. The monoisotopic (exact) mass is 331 g/mol. The van der Waals surface area contributed by atoms with Crippen LogP contribution < -0.4 is 4.74 Å². The molecule has 0 amide bonds. The molecule has 1 saturated heterocycles. The number of rotatable bonds is 5. The van der Waals surface area contributed by atoms with Gasteiger partial charge in [0.2, 0.25) is 0 Å². The number of methoxy groups -OCH3 is 1. The van der Waals surface area contributed by atoms with Crippen LogP contribution in [0.3, 0.4) is 0 Å². The van der Waals surface area contributed by atoms with Gasteiger partial charge in [-0.15, -0.1) is 0 Å². The van der Waals surface area contributed by atoms with Gasteiger partial charge in [0.15, 0.2) is 5.92 Å². The van der Waals surface area contributed by atoms with Crippen molar-refractivity contribution in [1.82, 2.24) is 0 Å². The van der Waals surface area contributed by atoms with Crippen molar-refractivity contribution in [3.05, 3.63) is 29.8 Å². The summed E-state index contributed by atoms with van der Waals surface area (Å²) < 4.78 is 16.6. The van der Waals surface area contributed by atoms with Crippen LogP contribution in [-0.4, -0.2) is 31.9 Å². The predicted octanol–water partition coefficient (Wildman–Crippen LogP) is 3.22. The molecule has 130 valence electrons. The van der Waals surface area contributed by atoms with Crippen molar-refractivity contribution in [2.45, 2.75) is 44.6 Å². The van der Waals surface area contributed by atoms with Gasteiger partial charge in [-0.05, 0) is 39.7 Å². The Morgan fingerprint density at radius 1 is 1.42 bits per heavy atom. The van der Waals surface area contributed by atoms with Crippen LogP contribution in [0, 0.1) is 17.2 Å². The highest BCUT2D eigenvalue weighted by Gasteiger charge is 2.52. The van der Waals surface area contributed by atoms with Gasteiger partial charge in [0.1, 0.15) is 5.75 Å². The Labute approximate surface area is 143 Å². The number of carbonyl (C=O) groups excluding carboxylic acids is 1. The van der Waals surface area contributed by atoms with Crippen LogP contribution in [-0.2, 0) is 19.7 Å². The van der Waals surface area contributed by atoms with Crippen molar-refractivity contribution in [1.29, 1.82) is 5.26 Å². The molecule has 0 aliphatic carbocycles. The Balaban J connectivity index is 2.61. The summed E-state index contributed by atoms with van der Waals surface area (Å²) in [6, 6.07) is 9.78. The van der Waals surface area contributed by atoms with Crippen LogP contribution in [0.25, 0.3) is 0 Å². The maximum Gasteiger partial charge on any atom is 0.324 e. The van der Waals surface area contributed by atoms with E-state index in [1.807, 2.05) is 38.1 Å². The Morgan fingerprint density at radius 3 is 2.71 bits per heavy atom. The summed E-state index contributed by atoms with van der Waals surface area (Å²) in [5.41, 5.74) is -0.278. The first kappa shape index (κ1) is 18.3. The van der Waals surface area contributed by atoms with Crippen LogP contribution >= 0.6 is 0 Å². The lowest BCUT2D eigenvalue weighted by molar-refractivity contribution is -0.153. The van der Waals surface area contributed by atoms with Crippen molar-refractivity contribution in [3.63, 3.8) is 0 Å². The van der Waals surface area contributed by atoms with Gasteiger partial charge in [0.05, 0.1) is 25.4 Å². The Morgan fingerprint density at radius 2 is 2.12 bits per heavy atom. The number of ether oxygens (including phenoxy) is 3. The normalized spacial score (nSPS) is 23.8. The van der Waals surface area contributed by atoms with Gasteiger partial charge < -0.3 is 14.2 Å². The zero-order valence-corrected chi connectivity index (χ0v) is 14.8. The lowest BCUT2D eigenvalue weighted by atomic mass is 9.62. The van der Waals surface area contributed by atoms with Gasteiger partial charge in [-0.25, -0.2) is 0 Å². The summed E-state index contributed by atoms with van der Waals surface area (Å²) in [7, 11) is 1.60. The van der Waals surface area contributed by atoms with Crippen molar-refractivity contribution in [2.75, 3.05) is 20.3 Å². The molecule has 0 spiro atoms. The summed E-state index contributed by atoms with van der Waals surface area (Å²) in [6.07, 6.45) is 1.10. The van der Waals surface area contributed by atoms with Crippen molar-refractivity contribution in [3.8, 4) is 11.8 Å². The van der Waals surface area contributed by atoms with E-state index in [9.17, 15) is 10.1 Å². The van der Waals surface area contributed by atoms with Crippen LogP contribution in [0.5, 0.6) is 5.75 Å². The van der Waals surface area contributed by atoms with Crippen LogP contribution in [0.15, 0.2) is 24.3 Å². The molecule has 1 aromatic carbocycles. The van der Waals surface area contributed by atoms with Crippen LogP contribution in [0.4, 0.5) is 0 Å². The molecule has 2 rings (SSSR count). The van der Waals surface area contributed by atoms with E-state index in [1.54, 1.807) is 14.0 Å². The van der Waals surface area contributed by atoms with E-state index >= 15 is 0 Å². The highest BCUT2D eigenvalue weighted by Crippen LogP contribution is 2.49. The fourth-order valence-electron chi connectivity index (χ4n) is 3.72. The Kier molecular flexibility index (Phi) is 5.51. The molecule has 0 saturated carbocycles. The lowest BCUT2D eigenvalue weighted by Crippen LogP contribution is -2.50. The number of benzene rings is 1. The van der Waals surface area contributed by atoms with E-state index in [4.69, 9.17) is 14.2 Å². The van der Waals surface area contributed by atoms with Gasteiger partial charge in [0, 0.05) is 17.6 Å². The van der Waals surface area contributed by atoms with Gasteiger partial charge in [-0.2, -0.15) is 5.26 Å². The predicted molar refractivity (Wildman–Crippen MR) is 89.7 cm³/mol. The molecule has 0 aromatic heterocycles. The number of hydrogen-bond acceptors (Lipinski definition) is 5. The second-order valence-corrected chi connectivity index (χ2v) is 6.71. The third-order valence-corrected chi connectivity index (χ3v) is 4.63. The van der Waals surface area contributed by atoms with Gasteiger partial charge in [0.25, 0.3) is 0 Å². The standard InChI is InChI=1S/C19H25NO4/c1-5-23-17(21)15(12-20)19(10-11-24-18(2,3)13-19)14-8-6-7-9-16(14)22-4/h6-9,15H,5,10-11,13H2,1-4H3/t15-,19+/m1/s1. The average molecular weight is 331 g/mol. The minimum absolute atomic E-state index is 0.249. The third kappa shape index (κ3) is 3.39. The van der Waals surface area contributed by atoms with Crippen molar-refractivity contribution >= 4 is 5.97 Å². The summed E-state index contributed by atoms with van der Waals surface area (Å²) in [5, 5.41) is 9.80. The maximum absolute atomic E-state index is 12.5. The molecule has 1 aliphatic heterocycles. The first-order chi connectivity index (χ1) is 11.4. The van der Waals surface area contributed by atoms with E-state index in [0.29, 0.717) is 25.2 Å². The lowest BCUT2D eigenvalue weighted by Gasteiger charge is -2.47. The van der Waals surface area contributed by atoms with Crippen molar-refractivity contribution in [2.24, 2.45) is 5.92 Å². The minimum Gasteiger partial charge on any atom is -0.496 e.